The third-order valence-electron chi connectivity index (χ3n) is 6.98. The van der Waals surface area contributed by atoms with Crippen LogP contribution < -0.4 is 5.69 Å². The van der Waals surface area contributed by atoms with E-state index in [2.05, 4.69) is 32.5 Å². The highest BCUT2D eigenvalue weighted by Crippen LogP contribution is 2.35. The molecule has 0 saturated heterocycles. The van der Waals surface area contributed by atoms with E-state index in [1.165, 1.54) is 0 Å². The number of imidazole rings is 1. The van der Waals surface area contributed by atoms with Gasteiger partial charge >= 0.3 is 11.7 Å². The predicted molar refractivity (Wildman–Crippen MR) is 133 cm³/mol. The average molecular weight is 488 g/mol. The van der Waals surface area contributed by atoms with Crippen LogP contribution in [0.4, 0.5) is 0 Å². The Bertz CT molecular complexity index is 1390. The Labute approximate surface area is 208 Å². The molecule has 1 fully saturated rings. The van der Waals surface area contributed by atoms with Crippen molar-refractivity contribution < 1.29 is 9.90 Å². The maximum absolute atomic E-state index is 13.5. The minimum absolute atomic E-state index is 0.147. The standard InChI is InChI=1S/C26H29N7O3/c1-2-3-7-18-16-33(23-11-6-10-21(23)25(34)35)26(36)32(18)15-17-12-13-22(27-14-17)19-8-4-5-9-20(19)24-28-30-31-29-24/h4-5,8-9,12-14,16,21,23H,2-3,6-7,10-11,15H2,1H3,(H,34,35)(H,28,29,30,31). The van der Waals surface area contributed by atoms with Crippen LogP contribution in [-0.2, 0) is 17.8 Å². The number of aromatic nitrogens is 7. The number of carbonyl (C=O) groups is 1. The Morgan fingerprint density at radius 2 is 2.00 bits per heavy atom. The van der Waals surface area contributed by atoms with E-state index in [4.69, 9.17) is 0 Å². The zero-order valence-corrected chi connectivity index (χ0v) is 20.2. The first kappa shape index (κ1) is 23.7. The van der Waals surface area contributed by atoms with Gasteiger partial charge in [-0.3, -0.25) is 18.9 Å². The summed E-state index contributed by atoms with van der Waals surface area (Å²) >= 11 is 0. The van der Waals surface area contributed by atoms with Crippen molar-refractivity contribution in [3.8, 4) is 22.6 Å². The summed E-state index contributed by atoms with van der Waals surface area (Å²) in [5.41, 5.74) is 4.17. The lowest BCUT2D eigenvalue weighted by atomic mass is 10.0. The van der Waals surface area contributed by atoms with Gasteiger partial charge in [0, 0.05) is 29.2 Å². The summed E-state index contributed by atoms with van der Waals surface area (Å²) in [6.07, 6.45) is 8.55. The van der Waals surface area contributed by atoms with Crippen LogP contribution in [0.25, 0.3) is 22.6 Å². The number of aliphatic carboxylic acids is 1. The summed E-state index contributed by atoms with van der Waals surface area (Å²) < 4.78 is 3.44. The SMILES string of the molecule is CCCCc1cn(C2CCCC2C(=O)O)c(=O)n1Cc1ccc(-c2ccccc2-c2nn[nH]n2)nc1. The van der Waals surface area contributed by atoms with Gasteiger partial charge in [0.25, 0.3) is 0 Å². The minimum Gasteiger partial charge on any atom is -0.481 e. The zero-order chi connectivity index (χ0) is 25.1. The molecule has 1 aromatic carbocycles. The molecule has 0 amide bonds. The third kappa shape index (κ3) is 4.58. The second-order valence-corrected chi connectivity index (χ2v) is 9.28. The number of carboxylic acid groups (broad SMARTS) is 1. The van der Waals surface area contributed by atoms with Crippen molar-refractivity contribution >= 4 is 5.97 Å². The Morgan fingerprint density at radius 3 is 2.69 bits per heavy atom. The van der Waals surface area contributed by atoms with E-state index in [0.29, 0.717) is 25.2 Å². The summed E-state index contributed by atoms with van der Waals surface area (Å²) in [5.74, 6) is -0.845. The van der Waals surface area contributed by atoms with Crippen LogP contribution in [0.3, 0.4) is 0 Å². The fourth-order valence-electron chi connectivity index (χ4n) is 5.11. The van der Waals surface area contributed by atoms with Crippen molar-refractivity contribution in [1.82, 2.24) is 34.7 Å². The van der Waals surface area contributed by atoms with Gasteiger partial charge in [0.2, 0.25) is 5.82 Å². The highest BCUT2D eigenvalue weighted by atomic mass is 16.4. The van der Waals surface area contributed by atoms with Crippen LogP contribution in [0.2, 0.25) is 0 Å². The van der Waals surface area contributed by atoms with Gasteiger partial charge in [-0.05, 0) is 42.5 Å². The lowest BCUT2D eigenvalue weighted by molar-refractivity contribution is -0.142. The first-order valence-corrected chi connectivity index (χ1v) is 12.4. The first-order chi connectivity index (χ1) is 17.6. The quantitative estimate of drug-likeness (QED) is 0.368. The Kier molecular flexibility index (Phi) is 6.75. The molecule has 3 heterocycles. The van der Waals surface area contributed by atoms with Crippen LogP contribution in [0.5, 0.6) is 0 Å². The molecule has 0 spiro atoms. The molecule has 4 aromatic rings. The topological polar surface area (TPSA) is 132 Å². The number of aromatic amines is 1. The normalized spacial score (nSPS) is 17.5. The summed E-state index contributed by atoms with van der Waals surface area (Å²) in [6, 6.07) is 11.3. The van der Waals surface area contributed by atoms with Gasteiger partial charge in [-0.25, -0.2) is 4.79 Å². The lowest BCUT2D eigenvalue weighted by Gasteiger charge is -2.16. The number of hydrogen-bond donors (Lipinski definition) is 2. The number of nitrogens with one attached hydrogen (secondary N) is 1. The molecule has 1 saturated carbocycles. The van der Waals surface area contributed by atoms with Crippen molar-refractivity contribution in [3.05, 3.63) is 70.5 Å². The second kappa shape index (κ2) is 10.3. The molecule has 186 valence electrons. The van der Waals surface area contributed by atoms with E-state index < -0.39 is 11.9 Å². The van der Waals surface area contributed by atoms with Crippen LogP contribution in [-0.4, -0.2) is 45.8 Å². The van der Waals surface area contributed by atoms with Gasteiger partial charge in [0.15, 0.2) is 0 Å². The monoisotopic (exact) mass is 487 g/mol. The van der Waals surface area contributed by atoms with Crippen molar-refractivity contribution in [2.45, 2.75) is 58.0 Å². The van der Waals surface area contributed by atoms with E-state index in [-0.39, 0.29) is 11.7 Å². The van der Waals surface area contributed by atoms with Gasteiger partial charge in [-0.2, -0.15) is 5.21 Å². The molecule has 10 heteroatoms. The predicted octanol–water partition coefficient (Wildman–Crippen LogP) is 3.71. The van der Waals surface area contributed by atoms with Gasteiger partial charge in [-0.1, -0.05) is 50.1 Å². The molecular formula is C26H29N7O3. The van der Waals surface area contributed by atoms with Crippen LogP contribution in [0.1, 0.15) is 56.3 Å². The molecule has 0 radical (unpaired) electrons. The number of carboxylic acids is 1. The van der Waals surface area contributed by atoms with Gasteiger partial charge in [0.1, 0.15) is 0 Å². The molecule has 10 nitrogen and oxygen atoms in total. The fourth-order valence-corrected chi connectivity index (χ4v) is 5.11. The van der Waals surface area contributed by atoms with Crippen LogP contribution in [0, 0.1) is 5.92 Å². The number of H-pyrrole nitrogens is 1. The van der Waals surface area contributed by atoms with Crippen molar-refractivity contribution in [1.29, 1.82) is 0 Å². The molecule has 3 aromatic heterocycles. The fraction of sp³-hybridized carbons (Fsp3) is 0.385. The number of aryl methyl sites for hydroxylation is 1. The molecular weight excluding hydrogens is 458 g/mol. The van der Waals surface area contributed by atoms with Crippen LogP contribution >= 0.6 is 0 Å². The maximum Gasteiger partial charge on any atom is 0.328 e. The number of benzene rings is 1. The molecule has 0 bridgehead atoms. The number of pyridine rings is 1. The van der Waals surface area contributed by atoms with E-state index >= 15 is 0 Å². The van der Waals surface area contributed by atoms with Gasteiger partial charge in [0.05, 0.1) is 24.2 Å². The van der Waals surface area contributed by atoms with Crippen molar-refractivity contribution in [2.75, 3.05) is 0 Å². The number of tetrazole rings is 1. The minimum atomic E-state index is -0.826. The number of nitrogens with zero attached hydrogens (tertiary/aromatic N) is 6. The molecule has 0 aliphatic heterocycles. The van der Waals surface area contributed by atoms with Crippen LogP contribution in [0.15, 0.2) is 53.6 Å². The molecule has 5 rings (SSSR count). The highest BCUT2D eigenvalue weighted by molar-refractivity contribution is 5.78. The molecule has 36 heavy (non-hydrogen) atoms. The average Bonchev–Trinajstić information content (AvgIpc) is 3.65. The smallest absolute Gasteiger partial charge is 0.328 e. The lowest BCUT2D eigenvalue weighted by Crippen LogP contribution is -2.31. The van der Waals surface area contributed by atoms with Crippen molar-refractivity contribution in [2.24, 2.45) is 5.92 Å². The van der Waals surface area contributed by atoms with E-state index in [1.54, 1.807) is 15.3 Å². The Morgan fingerprint density at radius 1 is 1.17 bits per heavy atom. The molecule has 2 atom stereocenters. The van der Waals surface area contributed by atoms with Gasteiger partial charge in [-0.15, -0.1) is 10.2 Å². The molecule has 1 aliphatic carbocycles. The second-order valence-electron chi connectivity index (χ2n) is 9.28. The highest BCUT2D eigenvalue weighted by Gasteiger charge is 2.35. The number of hydrogen-bond acceptors (Lipinski definition) is 6. The van der Waals surface area contributed by atoms with Gasteiger partial charge < -0.3 is 5.11 Å². The first-order valence-electron chi connectivity index (χ1n) is 12.4. The molecule has 2 N–H and O–H groups in total. The third-order valence-corrected chi connectivity index (χ3v) is 6.98. The summed E-state index contributed by atoms with van der Waals surface area (Å²) in [6.45, 7) is 2.50. The van der Waals surface area contributed by atoms with E-state index in [0.717, 1.165) is 53.8 Å². The largest absolute Gasteiger partial charge is 0.481 e. The molecule has 1 aliphatic rings. The zero-order valence-electron chi connectivity index (χ0n) is 20.2. The summed E-state index contributed by atoms with van der Waals surface area (Å²) in [5, 5.41) is 24.0. The number of rotatable bonds is 9. The Balaban J connectivity index is 1.44. The summed E-state index contributed by atoms with van der Waals surface area (Å²) in [4.78, 5) is 29.9. The number of unbranched alkanes of at least 4 members (excludes halogenated alkanes) is 1. The Hall–Kier alpha value is -4.08. The van der Waals surface area contributed by atoms with E-state index in [1.807, 2.05) is 42.6 Å². The maximum atomic E-state index is 13.5. The van der Waals surface area contributed by atoms with E-state index in [9.17, 15) is 14.7 Å². The van der Waals surface area contributed by atoms with Crippen molar-refractivity contribution in [3.63, 3.8) is 0 Å². The summed E-state index contributed by atoms with van der Waals surface area (Å²) in [7, 11) is 0. The molecule has 2 unspecified atom stereocenters.